The Balaban J connectivity index is 1.34. The van der Waals surface area contributed by atoms with Crippen LogP contribution in [0.3, 0.4) is 0 Å². The van der Waals surface area contributed by atoms with Gasteiger partial charge in [0, 0.05) is 38.2 Å². The van der Waals surface area contributed by atoms with Gasteiger partial charge in [-0.25, -0.2) is 0 Å². The zero-order chi connectivity index (χ0) is 18.9. The van der Waals surface area contributed by atoms with Crippen LogP contribution in [0.2, 0.25) is 0 Å². The molecule has 1 aliphatic carbocycles. The van der Waals surface area contributed by atoms with Gasteiger partial charge in [0.1, 0.15) is 5.75 Å². The fraction of sp³-hybridized carbons (Fsp3) is 0.636. The predicted octanol–water partition coefficient (Wildman–Crippen LogP) is 3.34. The van der Waals surface area contributed by atoms with Crippen LogP contribution in [-0.2, 0) is 4.79 Å². The number of hydrogen-bond acceptors (Lipinski definition) is 3. The van der Waals surface area contributed by atoms with Crippen molar-refractivity contribution >= 4 is 11.8 Å². The second kappa shape index (κ2) is 7.53. The topological polar surface area (TPSA) is 49.9 Å². The van der Waals surface area contributed by atoms with Crippen LogP contribution < -0.4 is 4.74 Å². The van der Waals surface area contributed by atoms with Gasteiger partial charge in [-0.15, -0.1) is 0 Å². The van der Waals surface area contributed by atoms with E-state index in [1.54, 1.807) is 7.11 Å². The molecule has 1 spiro atoms. The summed E-state index contributed by atoms with van der Waals surface area (Å²) in [5.41, 5.74) is 0.961. The SMILES string of the molecule is COc1ccc(C(=O)N2CCC3(CCC(=O)N(CC4CC4)CC3)CC2)cc1. The molecule has 0 aromatic heterocycles. The molecule has 0 N–H and O–H groups in total. The van der Waals surface area contributed by atoms with Crippen LogP contribution in [0.25, 0.3) is 0 Å². The lowest BCUT2D eigenvalue weighted by molar-refractivity contribution is -0.130. The number of nitrogens with zero attached hydrogens (tertiary/aromatic N) is 2. The Morgan fingerprint density at radius 2 is 1.74 bits per heavy atom. The lowest BCUT2D eigenvalue weighted by Gasteiger charge is -2.41. The zero-order valence-corrected chi connectivity index (χ0v) is 16.3. The number of amides is 2. The highest BCUT2D eigenvalue weighted by atomic mass is 16.5. The number of carbonyl (C=O) groups excluding carboxylic acids is 2. The second-order valence-electron chi connectivity index (χ2n) is 8.55. The molecule has 3 aliphatic rings. The second-order valence-corrected chi connectivity index (χ2v) is 8.55. The maximum Gasteiger partial charge on any atom is 0.253 e. The predicted molar refractivity (Wildman–Crippen MR) is 104 cm³/mol. The van der Waals surface area contributed by atoms with Crippen molar-refractivity contribution in [3.63, 3.8) is 0 Å². The van der Waals surface area contributed by atoms with Crippen molar-refractivity contribution in [3.8, 4) is 5.75 Å². The molecule has 3 fully saturated rings. The molecular formula is C22H30N2O3. The molecule has 146 valence electrons. The standard InChI is InChI=1S/C22H30N2O3/c1-27-19-6-4-18(5-7-19)21(26)23-13-10-22(11-14-23)9-8-20(25)24(15-12-22)16-17-2-3-17/h4-7,17H,2-3,8-16H2,1H3. The normalized spacial score (nSPS) is 22.6. The third-order valence-corrected chi connectivity index (χ3v) is 6.76. The highest BCUT2D eigenvalue weighted by molar-refractivity contribution is 5.94. The Morgan fingerprint density at radius 3 is 2.37 bits per heavy atom. The van der Waals surface area contributed by atoms with E-state index in [1.165, 1.54) is 12.8 Å². The average Bonchev–Trinajstić information content (AvgIpc) is 3.54. The van der Waals surface area contributed by atoms with Crippen molar-refractivity contribution in [1.29, 1.82) is 0 Å². The van der Waals surface area contributed by atoms with Gasteiger partial charge in [0.15, 0.2) is 0 Å². The first-order chi connectivity index (χ1) is 13.1. The maximum atomic E-state index is 12.8. The van der Waals surface area contributed by atoms with Crippen LogP contribution in [0.5, 0.6) is 5.75 Å². The van der Waals surface area contributed by atoms with E-state index in [9.17, 15) is 9.59 Å². The molecule has 1 aromatic carbocycles. The Bertz CT molecular complexity index is 688. The van der Waals surface area contributed by atoms with Gasteiger partial charge in [-0.3, -0.25) is 9.59 Å². The monoisotopic (exact) mass is 370 g/mol. The highest BCUT2D eigenvalue weighted by Crippen LogP contribution is 2.42. The van der Waals surface area contributed by atoms with Gasteiger partial charge in [-0.1, -0.05) is 0 Å². The van der Waals surface area contributed by atoms with Crippen LogP contribution in [0.1, 0.15) is 55.3 Å². The summed E-state index contributed by atoms with van der Waals surface area (Å²) in [7, 11) is 1.63. The minimum Gasteiger partial charge on any atom is -0.497 e. The van der Waals surface area contributed by atoms with Crippen molar-refractivity contribution in [3.05, 3.63) is 29.8 Å². The molecule has 4 rings (SSSR count). The van der Waals surface area contributed by atoms with Crippen LogP contribution in [0.4, 0.5) is 0 Å². The van der Waals surface area contributed by atoms with Gasteiger partial charge in [-0.2, -0.15) is 0 Å². The van der Waals surface area contributed by atoms with Gasteiger partial charge in [0.05, 0.1) is 7.11 Å². The molecule has 0 atom stereocenters. The van der Waals surface area contributed by atoms with Crippen molar-refractivity contribution in [2.24, 2.45) is 11.3 Å². The molecule has 2 amide bonds. The van der Waals surface area contributed by atoms with Crippen molar-refractivity contribution < 1.29 is 14.3 Å². The summed E-state index contributed by atoms with van der Waals surface area (Å²) < 4.78 is 5.17. The van der Waals surface area contributed by atoms with E-state index in [0.29, 0.717) is 12.3 Å². The number of carbonyl (C=O) groups is 2. The van der Waals surface area contributed by atoms with Gasteiger partial charge in [0.2, 0.25) is 5.91 Å². The summed E-state index contributed by atoms with van der Waals surface area (Å²) in [5, 5.41) is 0. The van der Waals surface area contributed by atoms with Crippen molar-refractivity contribution in [1.82, 2.24) is 9.80 Å². The molecule has 2 aliphatic heterocycles. The van der Waals surface area contributed by atoms with E-state index in [-0.39, 0.29) is 11.3 Å². The molecular weight excluding hydrogens is 340 g/mol. The summed E-state index contributed by atoms with van der Waals surface area (Å²) in [6.45, 7) is 3.46. The molecule has 1 aromatic rings. The molecule has 2 saturated heterocycles. The largest absolute Gasteiger partial charge is 0.497 e. The highest BCUT2D eigenvalue weighted by Gasteiger charge is 2.39. The van der Waals surface area contributed by atoms with Gasteiger partial charge < -0.3 is 14.5 Å². The van der Waals surface area contributed by atoms with E-state index in [1.807, 2.05) is 29.2 Å². The first-order valence-electron chi connectivity index (χ1n) is 10.3. The summed E-state index contributed by atoms with van der Waals surface area (Å²) in [6, 6.07) is 7.35. The first-order valence-corrected chi connectivity index (χ1v) is 10.3. The van der Waals surface area contributed by atoms with Crippen LogP contribution >= 0.6 is 0 Å². The maximum absolute atomic E-state index is 12.8. The van der Waals surface area contributed by atoms with Crippen LogP contribution in [0, 0.1) is 11.3 Å². The third kappa shape index (κ3) is 4.12. The smallest absolute Gasteiger partial charge is 0.253 e. The van der Waals surface area contributed by atoms with Gasteiger partial charge >= 0.3 is 0 Å². The van der Waals surface area contributed by atoms with E-state index in [0.717, 1.165) is 69.1 Å². The minimum atomic E-state index is 0.104. The van der Waals surface area contributed by atoms with Crippen molar-refractivity contribution in [2.45, 2.75) is 44.9 Å². The number of likely N-dealkylation sites (tertiary alicyclic amines) is 2. The number of methoxy groups -OCH3 is 1. The zero-order valence-electron chi connectivity index (χ0n) is 16.3. The Morgan fingerprint density at radius 1 is 1.07 bits per heavy atom. The van der Waals surface area contributed by atoms with E-state index in [4.69, 9.17) is 4.74 Å². The fourth-order valence-electron chi connectivity index (χ4n) is 4.56. The average molecular weight is 370 g/mol. The van der Waals surface area contributed by atoms with E-state index in [2.05, 4.69) is 4.90 Å². The molecule has 0 radical (unpaired) electrons. The number of rotatable bonds is 4. The number of piperidine rings is 1. The van der Waals surface area contributed by atoms with E-state index < -0.39 is 0 Å². The lowest BCUT2D eigenvalue weighted by Crippen LogP contribution is -2.43. The van der Waals surface area contributed by atoms with Crippen LogP contribution in [0.15, 0.2) is 24.3 Å². The fourth-order valence-corrected chi connectivity index (χ4v) is 4.56. The molecule has 27 heavy (non-hydrogen) atoms. The summed E-state index contributed by atoms with van der Waals surface area (Å²) in [5.74, 6) is 1.97. The van der Waals surface area contributed by atoms with E-state index >= 15 is 0 Å². The molecule has 5 heteroatoms. The molecule has 0 unspecified atom stereocenters. The van der Waals surface area contributed by atoms with Crippen molar-refractivity contribution in [2.75, 3.05) is 33.3 Å². The Kier molecular flexibility index (Phi) is 5.11. The third-order valence-electron chi connectivity index (χ3n) is 6.76. The summed E-state index contributed by atoms with van der Waals surface area (Å²) in [6.07, 6.45) is 7.36. The molecule has 2 heterocycles. The lowest BCUT2D eigenvalue weighted by atomic mass is 9.73. The molecule has 5 nitrogen and oxygen atoms in total. The summed E-state index contributed by atoms with van der Waals surface area (Å²) in [4.78, 5) is 29.3. The van der Waals surface area contributed by atoms with Crippen LogP contribution in [-0.4, -0.2) is 54.9 Å². The van der Waals surface area contributed by atoms with Gasteiger partial charge in [-0.05, 0) is 74.1 Å². The van der Waals surface area contributed by atoms with Gasteiger partial charge in [0.25, 0.3) is 5.91 Å². The number of ether oxygens (including phenoxy) is 1. The Labute approximate surface area is 161 Å². The molecule has 1 saturated carbocycles. The molecule has 0 bridgehead atoms. The number of hydrogen-bond donors (Lipinski definition) is 0. The summed E-state index contributed by atoms with van der Waals surface area (Å²) >= 11 is 0. The quantitative estimate of drug-likeness (QED) is 0.817. The Hall–Kier alpha value is -2.04. The first kappa shape index (κ1) is 18.3. The minimum absolute atomic E-state index is 0.104. The number of benzene rings is 1.